The Morgan fingerprint density at radius 3 is 2.50 bits per heavy atom. The average molecular weight is 272 g/mol. The zero-order valence-corrected chi connectivity index (χ0v) is 10.7. The zero-order valence-electron chi connectivity index (χ0n) is 9.84. The molecule has 1 aromatic rings. The van der Waals surface area contributed by atoms with Gasteiger partial charge in [-0.25, -0.2) is 12.8 Å². The number of sulfonamides is 1. The molecule has 1 heterocycles. The molecule has 1 aliphatic heterocycles. The van der Waals surface area contributed by atoms with E-state index >= 15 is 0 Å². The summed E-state index contributed by atoms with van der Waals surface area (Å²) >= 11 is 0. The highest BCUT2D eigenvalue weighted by molar-refractivity contribution is 7.89. The summed E-state index contributed by atoms with van der Waals surface area (Å²) in [5.41, 5.74) is 0. The smallest absolute Gasteiger partial charge is 0.246 e. The average Bonchev–Trinajstić information content (AvgIpc) is 2.33. The van der Waals surface area contributed by atoms with Crippen LogP contribution in [0.15, 0.2) is 29.2 Å². The molecule has 0 radical (unpaired) electrons. The van der Waals surface area contributed by atoms with E-state index in [4.69, 9.17) is 0 Å². The lowest BCUT2D eigenvalue weighted by atomic mass is 10.3. The Balaban J connectivity index is 2.33. The van der Waals surface area contributed by atoms with Crippen molar-refractivity contribution in [2.75, 3.05) is 26.7 Å². The van der Waals surface area contributed by atoms with Crippen molar-refractivity contribution in [2.45, 2.75) is 4.90 Å². The fourth-order valence-electron chi connectivity index (χ4n) is 1.74. The van der Waals surface area contributed by atoms with Crippen molar-refractivity contribution in [3.63, 3.8) is 0 Å². The maximum atomic E-state index is 13.5. The van der Waals surface area contributed by atoms with Crippen LogP contribution in [0.25, 0.3) is 0 Å². The fourth-order valence-corrected chi connectivity index (χ4v) is 3.18. The number of likely N-dealkylation sites (N-methyl/N-ethyl adjacent to an activating group) is 1. The second-order valence-electron chi connectivity index (χ2n) is 4.08. The number of carbonyl (C=O) groups is 1. The molecule has 5 nitrogen and oxygen atoms in total. The largest absolute Gasteiger partial charge is 0.343 e. The minimum Gasteiger partial charge on any atom is -0.343 e. The SMILES string of the molecule is CN1CCN(S(=O)(=O)c2ccccc2F)CC1=O. The minimum atomic E-state index is -3.94. The van der Waals surface area contributed by atoms with Gasteiger partial charge in [-0.05, 0) is 12.1 Å². The molecule has 1 aliphatic rings. The lowest BCUT2D eigenvalue weighted by molar-refractivity contribution is -0.132. The first-order valence-electron chi connectivity index (χ1n) is 5.41. The van der Waals surface area contributed by atoms with Crippen LogP contribution < -0.4 is 0 Å². The van der Waals surface area contributed by atoms with E-state index in [1.165, 1.54) is 23.1 Å². The van der Waals surface area contributed by atoms with E-state index in [0.29, 0.717) is 6.54 Å². The maximum Gasteiger partial charge on any atom is 0.246 e. The number of hydrogen-bond acceptors (Lipinski definition) is 3. The normalized spacial score (nSPS) is 18.1. The van der Waals surface area contributed by atoms with Crippen molar-refractivity contribution < 1.29 is 17.6 Å². The van der Waals surface area contributed by atoms with Crippen LogP contribution in [0.1, 0.15) is 0 Å². The molecule has 0 aromatic heterocycles. The number of nitrogens with zero attached hydrogens (tertiary/aromatic N) is 2. The molecule has 0 saturated carbocycles. The van der Waals surface area contributed by atoms with Crippen molar-refractivity contribution in [2.24, 2.45) is 0 Å². The summed E-state index contributed by atoms with van der Waals surface area (Å²) in [7, 11) is -2.33. The first kappa shape index (κ1) is 13.0. The van der Waals surface area contributed by atoms with E-state index in [9.17, 15) is 17.6 Å². The van der Waals surface area contributed by atoms with Crippen LogP contribution in [0.5, 0.6) is 0 Å². The number of rotatable bonds is 2. The van der Waals surface area contributed by atoms with E-state index in [-0.39, 0.29) is 23.9 Å². The Bertz CT molecular complexity index is 573. The second-order valence-corrected chi connectivity index (χ2v) is 5.99. The second kappa shape index (κ2) is 4.66. The molecule has 0 N–H and O–H groups in total. The van der Waals surface area contributed by atoms with Gasteiger partial charge in [-0.15, -0.1) is 0 Å². The van der Waals surface area contributed by atoms with Crippen molar-refractivity contribution in [3.8, 4) is 0 Å². The molecule has 0 atom stereocenters. The van der Waals surface area contributed by atoms with E-state index in [1.807, 2.05) is 0 Å². The summed E-state index contributed by atoms with van der Waals surface area (Å²) in [6.07, 6.45) is 0. The van der Waals surface area contributed by atoms with Crippen molar-refractivity contribution >= 4 is 15.9 Å². The standard InChI is InChI=1S/C11H13FN2O3S/c1-13-6-7-14(8-11(13)15)18(16,17)10-5-3-2-4-9(10)12/h2-5H,6-8H2,1H3. The van der Waals surface area contributed by atoms with Gasteiger partial charge in [0.05, 0.1) is 6.54 Å². The fraction of sp³-hybridized carbons (Fsp3) is 0.364. The third-order valence-electron chi connectivity index (χ3n) is 2.88. The molecule has 0 aliphatic carbocycles. The first-order valence-corrected chi connectivity index (χ1v) is 6.85. The quantitative estimate of drug-likeness (QED) is 0.777. The monoisotopic (exact) mass is 272 g/mol. The van der Waals surface area contributed by atoms with Crippen molar-refractivity contribution in [3.05, 3.63) is 30.1 Å². The zero-order chi connectivity index (χ0) is 13.3. The van der Waals surface area contributed by atoms with Gasteiger partial charge >= 0.3 is 0 Å². The van der Waals surface area contributed by atoms with Gasteiger partial charge in [0, 0.05) is 20.1 Å². The molecule has 1 amide bonds. The van der Waals surface area contributed by atoms with Crippen LogP contribution in [0.3, 0.4) is 0 Å². The van der Waals surface area contributed by atoms with Crippen molar-refractivity contribution in [1.82, 2.24) is 9.21 Å². The highest BCUT2D eigenvalue weighted by Gasteiger charge is 2.32. The molecule has 18 heavy (non-hydrogen) atoms. The predicted molar refractivity (Wildman–Crippen MR) is 62.8 cm³/mol. The molecule has 0 bridgehead atoms. The van der Waals surface area contributed by atoms with Gasteiger partial charge in [0.2, 0.25) is 15.9 Å². The van der Waals surface area contributed by atoms with Gasteiger partial charge < -0.3 is 4.90 Å². The van der Waals surface area contributed by atoms with Gasteiger partial charge in [0.1, 0.15) is 10.7 Å². The topological polar surface area (TPSA) is 57.7 Å². The maximum absolute atomic E-state index is 13.5. The lowest BCUT2D eigenvalue weighted by Gasteiger charge is -2.31. The van der Waals surface area contributed by atoms with Crippen LogP contribution >= 0.6 is 0 Å². The molecule has 1 fully saturated rings. The van der Waals surface area contributed by atoms with Gasteiger partial charge in [-0.2, -0.15) is 4.31 Å². The first-order chi connectivity index (χ1) is 8.43. The molecular formula is C11H13FN2O3S. The molecule has 98 valence electrons. The van der Waals surface area contributed by atoms with E-state index < -0.39 is 15.8 Å². The van der Waals surface area contributed by atoms with Gasteiger partial charge in [0.15, 0.2) is 0 Å². The molecule has 7 heteroatoms. The Labute approximate surface area is 105 Å². The van der Waals surface area contributed by atoms with Crippen LogP contribution in [0.4, 0.5) is 4.39 Å². The number of halogens is 1. The number of carbonyl (C=O) groups excluding carboxylic acids is 1. The van der Waals surface area contributed by atoms with Gasteiger partial charge in [0.25, 0.3) is 0 Å². The minimum absolute atomic E-state index is 0.179. The highest BCUT2D eigenvalue weighted by Crippen LogP contribution is 2.20. The summed E-state index contributed by atoms with van der Waals surface area (Å²) in [6, 6.07) is 5.16. The third-order valence-corrected chi connectivity index (χ3v) is 4.76. The molecule has 2 rings (SSSR count). The lowest BCUT2D eigenvalue weighted by Crippen LogP contribution is -2.50. The van der Waals surface area contributed by atoms with Crippen LogP contribution in [-0.2, 0) is 14.8 Å². The molecule has 0 spiro atoms. The number of hydrogen-bond donors (Lipinski definition) is 0. The van der Waals surface area contributed by atoms with Crippen LogP contribution in [0, 0.1) is 5.82 Å². The van der Waals surface area contributed by atoms with E-state index in [0.717, 1.165) is 10.4 Å². The highest BCUT2D eigenvalue weighted by atomic mass is 32.2. The Hall–Kier alpha value is -1.47. The van der Waals surface area contributed by atoms with Gasteiger partial charge in [-0.3, -0.25) is 4.79 Å². The number of amides is 1. The summed E-state index contributed by atoms with van der Waals surface area (Å²) < 4.78 is 38.9. The van der Waals surface area contributed by atoms with E-state index in [2.05, 4.69) is 0 Å². The molecule has 1 saturated heterocycles. The summed E-state index contributed by atoms with van der Waals surface area (Å²) in [4.78, 5) is 12.6. The third kappa shape index (κ3) is 2.23. The van der Waals surface area contributed by atoms with E-state index in [1.54, 1.807) is 7.05 Å². The summed E-state index contributed by atoms with van der Waals surface area (Å²) in [6.45, 7) is 0.249. The number of benzene rings is 1. The predicted octanol–water partition coefficient (Wildman–Crippen LogP) is 0.288. The van der Waals surface area contributed by atoms with Crippen molar-refractivity contribution in [1.29, 1.82) is 0 Å². The Kier molecular flexibility index (Phi) is 3.36. The molecule has 1 aromatic carbocycles. The summed E-state index contributed by atoms with van der Waals surface area (Å²) in [5, 5.41) is 0. The Morgan fingerprint density at radius 2 is 1.89 bits per heavy atom. The molecular weight excluding hydrogens is 259 g/mol. The van der Waals surface area contributed by atoms with Crippen LogP contribution in [0.2, 0.25) is 0 Å². The van der Waals surface area contributed by atoms with Crippen LogP contribution in [-0.4, -0.2) is 50.2 Å². The Morgan fingerprint density at radius 1 is 1.22 bits per heavy atom. The number of piperazine rings is 1. The molecule has 0 unspecified atom stereocenters. The summed E-state index contributed by atoms with van der Waals surface area (Å²) in [5.74, 6) is -1.09. The van der Waals surface area contributed by atoms with Gasteiger partial charge in [-0.1, -0.05) is 12.1 Å².